The first kappa shape index (κ1) is 22.8. The number of fused-ring (bicyclic) bond motifs is 3. The Balaban J connectivity index is 1.38. The summed E-state index contributed by atoms with van der Waals surface area (Å²) in [5.41, 5.74) is 4.40. The second-order valence-corrected chi connectivity index (χ2v) is 8.08. The van der Waals surface area contributed by atoms with E-state index in [1.165, 1.54) is 7.11 Å². The number of ether oxygens (including phenoxy) is 3. The molecular formula is C24H26N2O7. The number of carboxylic acids is 1. The van der Waals surface area contributed by atoms with E-state index in [-0.39, 0.29) is 32.3 Å². The van der Waals surface area contributed by atoms with E-state index >= 15 is 0 Å². The monoisotopic (exact) mass is 454 g/mol. The van der Waals surface area contributed by atoms with E-state index in [0.717, 1.165) is 22.3 Å². The molecular weight excluding hydrogens is 428 g/mol. The van der Waals surface area contributed by atoms with Gasteiger partial charge in [0.25, 0.3) is 0 Å². The van der Waals surface area contributed by atoms with E-state index in [0.29, 0.717) is 0 Å². The Kier molecular flexibility index (Phi) is 6.90. The zero-order valence-electron chi connectivity index (χ0n) is 18.2. The van der Waals surface area contributed by atoms with Gasteiger partial charge in [-0.2, -0.15) is 0 Å². The summed E-state index contributed by atoms with van der Waals surface area (Å²) in [7, 11) is 1.40. The lowest BCUT2D eigenvalue weighted by atomic mass is 9.98. The van der Waals surface area contributed by atoms with Crippen molar-refractivity contribution in [1.82, 2.24) is 10.6 Å². The SMILES string of the molecule is COCC(NC(=O)OCC1c2ccccc2-c2ccccc21)C(=O)NC1COCC1C(=O)O. The van der Waals surface area contributed by atoms with Crippen LogP contribution in [0.25, 0.3) is 11.1 Å². The van der Waals surface area contributed by atoms with E-state index in [9.17, 15) is 19.5 Å². The summed E-state index contributed by atoms with van der Waals surface area (Å²) in [6.45, 7) is 0.127. The van der Waals surface area contributed by atoms with Crippen LogP contribution >= 0.6 is 0 Å². The third kappa shape index (κ3) is 4.84. The van der Waals surface area contributed by atoms with Crippen molar-refractivity contribution in [2.75, 3.05) is 33.5 Å². The van der Waals surface area contributed by atoms with Gasteiger partial charge in [0.15, 0.2) is 0 Å². The van der Waals surface area contributed by atoms with E-state index in [4.69, 9.17) is 14.2 Å². The Bertz CT molecular complexity index is 995. The average molecular weight is 454 g/mol. The number of benzene rings is 2. The highest BCUT2D eigenvalue weighted by Crippen LogP contribution is 2.44. The van der Waals surface area contributed by atoms with Crippen molar-refractivity contribution >= 4 is 18.0 Å². The van der Waals surface area contributed by atoms with Crippen molar-refractivity contribution in [3.8, 4) is 11.1 Å². The minimum atomic E-state index is -1.05. The molecule has 1 aliphatic heterocycles. The number of amides is 2. The predicted molar refractivity (Wildman–Crippen MR) is 118 cm³/mol. The van der Waals surface area contributed by atoms with Crippen LogP contribution in [0.15, 0.2) is 48.5 Å². The number of rotatable bonds is 8. The minimum Gasteiger partial charge on any atom is -0.481 e. The average Bonchev–Trinajstić information content (AvgIpc) is 3.40. The number of hydrogen-bond donors (Lipinski definition) is 3. The van der Waals surface area contributed by atoms with Crippen LogP contribution in [0.1, 0.15) is 17.0 Å². The number of carbonyl (C=O) groups excluding carboxylic acids is 2. The van der Waals surface area contributed by atoms with Gasteiger partial charge in [0.2, 0.25) is 5.91 Å². The van der Waals surface area contributed by atoms with Crippen LogP contribution in [0.4, 0.5) is 4.79 Å². The summed E-state index contributed by atoms with van der Waals surface area (Å²) >= 11 is 0. The molecule has 9 heteroatoms. The minimum absolute atomic E-state index is 0.0228. The van der Waals surface area contributed by atoms with Crippen LogP contribution in [-0.4, -0.2) is 68.7 Å². The molecule has 3 atom stereocenters. The molecule has 4 rings (SSSR count). The standard InChI is InChI=1S/C24H26N2O7/c1-31-12-21(22(27)25-20-13-32-10-19(20)23(28)29)26-24(30)33-11-18-16-8-4-2-6-14(16)15-7-3-5-9-17(15)18/h2-9,18-21H,10-13H2,1H3,(H,25,27)(H,26,30)(H,28,29). The fourth-order valence-electron chi connectivity index (χ4n) is 4.36. The molecule has 0 aromatic heterocycles. The van der Waals surface area contributed by atoms with E-state index < -0.39 is 36.0 Å². The maximum absolute atomic E-state index is 12.7. The summed E-state index contributed by atoms with van der Waals surface area (Å²) in [5.74, 6) is -2.56. The zero-order chi connectivity index (χ0) is 23.4. The van der Waals surface area contributed by atoms with Gasteiger partial charge in [-0.25, -0.2) is 4.79 Å². The summed E-state index contributed by atoms with van der Waals surface area (Å²) in [6, 6.07) is 14.3. The molecule has 0 radical (unpaired) electrons. The van der Waals surface area contributed by atoms with Crippen molar-refractivity contribution in [3.05, 3.63) is 59.7 Å². The highest BCUT2D eigenvalue weighted by Gasteiger charge is 2.37. The van der Waals surface area contributed by atoms with Crippen LogP contribution in [0, 0.1) is 5.92 Å². The molecule has 0 bridgehead atoms. The van der Waals surface area contributed by atoms with Gasteiger partial charge in [-0.1, -0.05) is 48.5 Å². The summed E-state index contributed by atoms with van der Waals surface area (Å²) in [5, 5.41) is 14.4. The van der Waals surface area contributed by atoms with Crippen LogP contribution in [0.5, 0.6) is 0 Å². The Labute approximate surface area is 191 Å². The highest BCUT2D eigenvalue weighted by molar-refractivity contribution is 5.87. The summed E-state index contributed by atoms with van der Waals surface area (Å²) in [6.07, 6.45) is -0.758. The van der Waals surface area contributed by atoms with Crippen LogP contribution < -0.4 is 10.6 Å². The molecule has 1 aliphatic carbocycles. The highest BCUT2D eigenvalue weighted by atomic mass is 16.5. The van der Waals surface area contributed by atoms with Crippen molar-refractivity contribution in [1.29, 1.82) is 0 Å². The quantitative estimate of drug-likeness (QED) is 0.555. The van der Waals surface area contributed by atoms with E-state index in [1.54, 1.807) is 0 Å². The molecule has 3 N–H and O–H groups in total. The van der Waals surface area contributed by atoms with Crippen LogP contribution in [0.3, 0.4) is 0 Å². The first-order valence-electron chi connectivity index (χ1n) is 10.7. The molecule has 3 unspecified atom stereocenters. The molecule has 1 saturated heterocycles. The maximum atomic E-state index is 12.7. The molecule has 0 spiro atoms. The molecule has 9 nitrogen and oxygen atoms in total. The van der Waals surface area contributed by atoms with E-state index in [2.05, 4.69) is 10.6 Å². The Morgan fingerprint density at radius 3 is 2.30 bits per heavy atom. The lowest BCUT2D eigenvalue weighted by Crippen LogP contribution is -2.54. The normalized spacial score (nSPS) is 19.9. The Hall–Kier alpha value is -3.43. The molecule has 174 valence electrons. The van der Waals surface area contributed by atoms with Gasteiger partial charge in [-0.15, -0.1) is 0 Å². The van der Waals surface area contributed by atoms with Gasteiger partial charge in [-0.05, 0) is 22.3 Å². The number of carboxylic acid groups (broad SMARTS) is 1. The first-order valence-corrected chi connectivity index (χ1v) is 10.7. The lowest BCUT2D eigenvalue weighted by Gasteiger charge is -2.22. The number of nitrogens with one attached hydrogen (secondary N) is 2. The molecule has 2 aliphatic rings. The molecule has 2 amide bonds. The second kappa shape index (κ2) is 10.0. The third-order valence-electron chi connectivity index (χ3n) is 6.01. The van der Waals surface area contributed by atoms with Gasteiger partial charge in [0, 0.05) is 13.0 Å². The summed E-state index contributed by atoms with van der Waals surface area (Å²) < 4.78 is 15.7. The molecule has 0 saturated carbocycles. The fraction of sp³-hybridized carbons (Fsp3) is 0.375. The Morgan fingerprint density at radius 2 is 1.70 bits per heavy atom. The summed E-state index contributed by atoms with van der Waals surface area (Å²) in [4.78, 5) is 36.5. The van der Waals surface area contributed by atoms with Gasteiger partial charge < -0.3 is 30.0 Å². The van der Waals surface area contributed by atoms with Crippen LogP contribution in [-0.2, 0) is 23.8 Å². The van der Waals surface area contributed by atoms with Crippen molar-refractivity contribution in [2.24, 2.45) is 5.92 Å². The predicted octanol–water partition coefficient (Wildman–Crippen LogP) is 1.76. The largest absolute Gasteiger partial charge is 0.481 e. The maximum Gasteiger partial charge on any atom is 0.407 e. The molecule has 33 heavy (non-hydrogen) atoms. The van der Waals surface area contributed by atoms with Crippen molar-refractivity contribution in [3.63, 3.8) is 0 Å². The molecule has 2 aromatic rings. The topological polar surface area (TPSA) is 123 Å². The zero-order valence-corrected chi connectivity index (χ0v) is 18.2. The molecule has 1 fully saturated rings. The fourth-order valence-corrected chi connectivity index (χ4v) is 4.36. The number of alkyl carbamates (subject to hydrolysis) is 1. The van der Waals surface area contributed by atoms with Gasteiger partial charge in [0.1, 0.15) is 18.6 Å². The molecule has 2 aromatic carbocycles. The lowest BCUT2D eigenvalue weighted by molar-refractivity contribution is -0.142. The van der Waals surface area contributed by atoms with Crippen LogP contribution in [0.2, 0.25) is 0 Å². The second-order valence-electron chi connectivity index (χ2n) is 8.08. The van der Waals surface area contributed by atoms with Crippen molar-refractivity contribution < 1.29 is 33.7 Å². The van der Waals surface area contributed by atoms with Gasteiger partial charge in [-0.3, -0.25) is 9.59 Å². The Morgan fingerprint density at radius 1 is 1.06 bits per heavy atom. The molecule has 1 heterocycles. The third-order valence-corrected chi connectivity index (χ3v) is 6.01. The van der Waals surface area contributed by atoms with E-state index in [1.807, 2.05) is 48.5 Å². The van der Waals surface area contributed by atoms with Gasteiger partial charge in [0.05, 0.1) is 25.9 Å². The van der Waals surface area contributed by atoms with Crippen molar-refractivity contribution in [2.45, 2.75) is 18.0 Å². The number of hydrogen-bond acceptors (Lipinski definition) is 6. The number of carbonyl (C=O) groups is 3. The number of aliphatic carboxylic acids is 1. The first-order chi connectivity index (χ1) is 16.0. The number of methoxy groups -OCH3 is 1. The smallest absolute Gasteiger partial charge is 0.407 e. The van der Waals surface area contributed by atoms with Gasteiger partial charge >= 0.3 is 12.1 Å².